The van der Waals surface area contributed by atoms with E-state index in [0.29, 0.717) is 12.6 Å². The molecule has 0 spiro atoms. The molecule has 0 aromatic carbocycles. The molecular weight excluding hydrogens is 202 g/mol. The van der Waals surface area contributed by atoms with Crippen LogP contribution in [0.2, 0.25) is 0 Å². The Kier molecular flexibility index (Phi) is 4.18. The predicted molar refractivity (Wildman–Crippen MR) is 64.0 cm³/mol. The molecule has 4 heteroatoms. The Bertz CT molecular complexity index is 230. The molecule has 0 unspecified atom stereocenters. The highest BCUT2D eigenvalue weighted by molar-refractivity contribution is 5.75. The molecule has 2 rings (SSSR count). The Morgan fingerprint density at radius 1 is 1.12 bits per heavy atom. The molecule has 0 atom stereocenters. The summed E-state index contributed by atoms with van der Waals surface area (Å²) >= 11 is 0. The minimum atomic E-state index is -0.206. The fraction of sp³-hybridized carbons (Fsp3) is 0.917. The van der Waals surface area contributed by atoms with Crippen LogP contribution in [0, 0.1) is 0 Å². The van der Waals surface area contributed by atoms with Gasteiger partial charge in [0.1, 0.15) is 0 Å². The van der Waals surface area contributed by atoms with Gasteiger partial charge in [-0.1, -0.05) is 12.8 Å². The summed E-state index contributed by atoms with van der Waals surface area (Å²) in [4.78, 5) is 13.0. The molecule has 1 aliphatic heterocycles. The maximum atomic E-state index is 10.8. The minimum Gasteiger partial charge on any atom is -0.369 e. The van der Waals surface area contributed by atoms with Crippen molar-refractivity contribution in [2.24, 2.45) is 5.73 Å². The van der Waals surface area contributed by atoms with Crippen LogP contribution >= 0.6 is 0 Å². The molecule has 3 N–H and O–H groups in total. The number of piperidine rings is 1. The molecule has 4 nitrogen and oxygen atoms in total. The maximum absolute atomic E-state index is 10.8. The molecule has 1 amide bonds. The van der Waals surface area contributed by atoms with E-state index in [1.54, 1.807) is 0 Å². The monoisotopic (exact) mass is 225 g/mol. The Labute approximate surface area is 97.6 Å². The first-order valence-electron chi connectivity index (χ1n) is 6.51. The Morgan fingerprint density at radius 2 is 1.69 bits per heavy atom. The van der Waals surface area contributed by atoms with Crippen LogP contribution in [0.3, 0.4) is 0 Å². The SMILES string of the molecule is NC(=O)CN1CCC(NC2CCCC2)CC1. The van der Waals surface area contributed by atoms with Gasteiger partial charge in [-0.05, 0) is 25.7 Å². The summed E-state index contributed by atoms with van der Waals surface area (Å²) in [7, 11) is 0. The Balaban J connectivity index is 1.66. The van der Waals surface area contributed by atoms with Crippen molar-refractivity contribution >= 4 is 5.91 Å². The summed E-state index contributed by atoms with van der Waals surface area (Å²) in [6.45, 7) is 2.44. The lowest BCUT2D eigenvalue weighted by atomic mass is 10.0. The van der Waals surface area contributed by atoms with E-state index in [1.165, 1.54) is 25.7 Å². The number of hydrogen-bond donors (Lipinski definition) is 2. The number of hydrogen-bond acceptors (Lipinski definition) is 3. The van der Waals surface area contributed by atoms with Crippen LogP contribution in [0.25, 0.3) is 0 Å². The first kappa shape index (κ1) is 11.9. The fourth-order valence-corrected chi connectivity index (χ4v) is 2.90. The van der Waals surface area contributed by atoms with E-state index >= 15 is 0 Å². The standard InChI is InChI=1S/C12H23N3O/c13-12(16)9-15-7-5-11(6-8-15)14-10-3-1-2-4-10/h10-11,14H,1-9H2,(H2,13,16). The zero-order valence-corrected chi connectivity index (χ0v) is 9.95. The fourth-order valence-electron chi connectivity index (χ4n) is 2.90. The number of carbonyl (C=O) groups excluding carboxylic acids is 1. The Morgan fingerprint density at radius 3 is 2.25 bits per heavy atom. The normalized spacial score (nSPS) is 25.0. The Hall–Kier alpha value is -0.610. The van der Waals surface area contributed by atoms with Gasteiger partial charge in [0.15, 0.2) is 0 Å². The van der Waals surface area contributed by atoms with E-state index in [2.05, 4.69) is 10.2 Å². The van der Waals surface area contributed by atoms with E-state index in [9.17, 15) is 4.79 Å². The zero-order valence-electron chi connectivity index (χ0n) is 9.95. The second kappa shape index (κ2) is 5.64. The molecular formula is C12H23N3O. The number of amides is 1. The molecule has 1 saturated carbocycles. The largest absolute Gasteiger partial charge is 0.369 e. The molecule has 0 aromatic rings. The third-order valence-corrected chi connectivity index (χ3v) is 3.79. The van der Waals surface area contributed by atoms with Gasteiger partial charge in [0, 0.05) is 25.2 Å². The smallest absolute Gasteiger partial charge is 0.231 e. The van der Waals surface area contributed by atoms with Crippen molar-refractivity contribution in [2.45, 2.75) is 50.6 Å². The van der Waals surface area contributed by atoms with Crippen LogP contribution in [0.1, 0.15) is 38.5 Å². The summed E-state index contributed by atoms with van der Waals surface area (Å²) in [5.41, 5.74) is 5.19. The topological polar surface area (TPSA) is 58.4 Å². The maximum Gasteiger partial charge on any atom is 0.231 e. The molecule has 92 valence electrons. The van der Waals surface area contributed by atoms with E-state index in [4.69, 9.17) is 5.73 Å². The quantitative estimate of drug-likeness (QED) is 0.731. The second-order valence-corrected chi connectivity index (χ2v) is 5.16. The number of primary amides is 1. The highest BCUT2D eigenvalue weighted by Crippen LogP contribution is 2.20. The van der Waals surface area contributed by atoms with Gasteiger partial charge in [-0.15, -0.1) is 0 Å². The van der Waals surface area contributed by atoms with Crippen molar-refractivity contribution in [3.05, 3.63) is 0 Å². The molecule has 0 aromatic heterocycles. The van der Waals surface area contributed by atoms with Crippen molar-refractivity contribution in [1.82, 2.24) is 10.2 Å². The average Bonchev–Trinajstić information content (AvgIpc) is 2.73. The summed E-state index contributed by atoms with van der Waals surface area (Å²) in [5, 5.41) is 3.75. The number of likely N-dealkylation sites (tertiary alicyclic amines) is 1. The third kappa shape index (κ3) is 3.46. The number of nitrogens with two attached hydrogens (primary N) is 1. The average molecular weight is 225 g/mol. The highest BCUT2D eigenvalue weighted by atomic mass is 16.1. The third-order valence-electron chi connectivity index (χ3n) is 3.79. The van der Waals surface area contributed by atoms with Gasteiger partial charge in [0.05, 0.1) is 6.54 Å². The van der Waals surface area contributed by atoms with Crippen LogP contribution < -0.4 is 11.1 Å². The predicted octanol–water partition coefficient (Wildman–Crippen LogP) is 0.468. The first-order valence-corrected chi connectivity index (χ1v) is 6.51. The summed E-state index contributed by atoms with van der Waals surface area (Å²) in [5.74, 6) is -0.206. The van der Waals surface area contributed by atoms with Crippen LogP contribution in [-0.4, -0.2) is 42.5 Å². The highest BCUT2D eigenvalue weighted by Gasteiger charge is 2.23. The number of nitrogens with one attached hydrogen (secondary N) is 1. The van der Waals surface area contributed by atoms with Crippen molar-refractivity contribution in [3.63, 3.8) is 0 Å². The lowest BCUT2D eigenvalue weighted by Gasteiger charge is -2.33. The molecule has 16 heavy (non-hydrogen) atoms. The first-order chi connectivity index (χ1) is 7.74. The van der Waals surface area contributed by atoms with Crippen molar-refractivity contribution < 1.29 is 4.79 Å². The lowest BCUT2D eigenvalue weighted by Crippen LogP contribution is -2.47. The van der Waals surface area contributed by atoms with Gasteiger partial charge >= 0.3 is 0 Å². The van der Waals surface area contributed by atoms with Crippen LogP contribution in [0.5, 0.6) is 0 Å². The van der Waals surface area contributed by atoms with Gasteiger partial charge in [0.25, 0.3) is 0 Å². The lowest BCUT2D eigenvalue weighted by molar-refractivity contribution is -0.119. The van der Waals surface area contributed by atoms with E-state index in [0.717, 1.165) is 32.0 Å². The molecule has 1 aliphatic carbocycles. The van der Waals surface area contributed by atoms with Crippen molar-refractivity contribution in [3.8, 4) is 0 Å². The minimum absolute atomic E-state index is 0.206. The van der Waals surface area contributed by atoms with Gasteiger partial charge in [-0.2, -0.15) is 0 Å². The van der Waals surface area contributed by atoms with Crippen LogP contribution in [-0.2, 0) is 4.79 Å². The van der Waals surface area contributed by atoms with Crippen molar-refractivity contribution in [2.75, 3.05) is 19.6 Å². The van der Waals surface area contributed by atoms with E-state index in [-0.39, 0.29) is 5.91 Å². The van der Waals surface area contributed by atoms with Gasteiger partial charge in [-0.3, -0.25) is 9.69 Å². The molecule has 1 heterocycles. The van der Waals surface area contributed by atoms with E-state index < -0.39 is 0 Å². The van der Waals surface area contributed by atoms with Crippen LogP contribution in [0.4, 0.5) is 0 Å². The summed E-state index contributed by atoms with van der Waals surface area (Å²) < 4.78 is 0. The van der Waals surface area contributed by atoms with E-state index in [1.807, 2.05) is 0 Å². The molecule has 0 bridgehead atoms. The van der Waals surface area contributed by atoms with Gasteiger partial charge < -0.3 is 11.1 Å². The number of nitrogens with zero attached hydrogens (tertiary/aromatic N) is 1. The summed E-state index contributed by atoms with van der Waals surface area (Å²) in [6.07, 6.45) is 7.78. The number of rotatable bonds is 4. The van der Waals surface area contributed by atoms with Crippen LogP contribution in [0.15, 0.2) is 0 Å². The van der Waals surface area contributed by atoms with Gasteiger partial charge in [0.2, 0.25) is 5.91 Å². The molecule has 2 fully saturated rings. The van der Waals surface area contributed by atoms with Crippen molar-refractivity contribution in [1.29, 1.82) is 0 Å². The number of carbonyl (C=O) groups is 1. The molecule has 0 radical (unpaired) electrons. The molecule has 1 saturated heterocycles. The zero-order chi connectivity index (χ0) is 11.4. The summed E-state index contributed by atoms with van der Waals surface area (Å²) in [6, 6.07) is 1.42. The van der Waals surface area contributed by atoms with Gasteiger partial charge in [-0.25, -0.2) is 0 Å². The second-order valence-electron chi connectivity index (χ2n) is 5.16. The molecule has 2 aliphatic rings.